The van der Waals surface area contributed by atoms with Gasteiger partial charge in [-0.25, -0.2) is 4.98 Å². The number of hydrogen-bond acceptors (Lipinski definition) is 3. The van der Waals surface area contributed by atoms with Crippen LogP contribution in [0, 0.1) is 6.92 Å². The first-order valence-corrected chi connectivity index (χ1v) is 9.55. The molecule has 0 saturated heterocycles. The average Bonchev–Trinajstić information content (AvgIpc) is 3.19. The van der Waals surface area contributed by atoms with Crippen molar-refractivity contribution in [3.05, 3.63) is 83.4 Å². The van der Waals surface area contributed by atoms with Crippen molar-refractivity contribution in [3.63, 3.8) is 0 Å². The molecule has 0 aliphatic carbocycles. The first-order valence-electron chi connectivity index (χ1n) is 9.55. The lowest BCUT2D eigenvalue weighted by Crippen LogP contribution is -2.28. The van der Waals surface area contributed by atoms with Gasteiger partial charge in [-0.2, -0.15) is 0 Å². The first-order chi connectivity index (χ1) is 13.5. The van der Waals surface area contributed by atoms with Gasteiger partial charge in [0.25, 0.3) is 5.91 Å². The summed E-state index contributed by atoms with van der Waals surface area (Å²) in [6, 6.07) is 14.4. The molecule has 1 heterocycles. The largest absolute Gasteiger partial charge is 0.483 e. The summed E-state index contributed by atoms with van der Waals surface area (Å²) in [5, 5.41) is 2.91. The smallest absolute Gasteiger partial charge is 0.258 e. The standard InChI is InChI=1S/C23H27N3O2/c1-17(2)21-9-4-18(3)22(12-21)28-15-23(27)25-13-19-5-7-20(8-6-19)14-26-11-10-24-16-26/h4-12,16-17H,13-15H2,1-3H3,(H,25,27). The van der Waals surface area contributed by atoms with Crippen molar-refractivity contribution in [2.24, 2.45) is 0 Å². The normalized spacial score (nSPS) is 10.9. The van der Waals surface area contributed by atoms with Crippen molar-refractivity contribution in [2.75, 3.05) is 6.61 Å². The van der Waals surface area contributed by atoms with Crippen LogP contribution in [0.15, 0.2) is 61.2 Å². The van der Waals surface area contributed by atoms with Gasteiger partial charge in [-0.05, 0) is 41.2 Å². The molecule has 1 amide bonds. The van der Waals surface area contributed by atoms with E-state index in [-0.39, 0.29) is 12.5 Å². The lowest BCUT2D eigenvalue weighted by Gasteiger charge is -2.13. The number of aryl methyl sites for hydroxylation is 1. The Labute approximate surface area is 166 Å². The predicted octanol–water partition coefficient (Wildman–Crippen LogP) is 4.06. The molecule has 0 saturated carbocycles. The van der Waals surface area contributed by atoms with Gasteiger partial charge in [0.15, 0.2) is 6.61 Å². The van der Waals surface area contributed by atoms with Gasteiger partial charge in [-0.1, -0.05) is 50.2 Å². The zero-order valence-electron chi connectivity index (χ0n) is 16.7. The van der Waals surface area contributed by atoms with E-state index in [1.165, 1.54) is 11.1 Å². The summed E-state index contributed by atoms with van der Waals surface area (Å²) in [6.07, 6.45) is 5.51. The molecular formula is C23H27N3O2. The highest BCUT2D eigenvalue weighted by molar-refractivity contribution is 5.77. The molecule has 0 atom stereocenters. The van der Waals surface area contributed by atoms with Gasteiger partial charge >= 0.3 is 0 Å². The van der Waals surface area contributed by atoms with Crippen molar-refractivity contribution >= 4 is 5.91 Å². The second-order valence-corrected chi connectivity index (χ2v) is 7.30. The summed E-state index contributed by atoms with van der Waals surface area (Å²) in [5.74, 6) is 1.07. The second-order valence-electron chi connectivity index (χ2n) is 7.30. The maximum atomic E-state index is 12.2. The van der Waals surface area contributed by atoms with Crippen LogP contribution in [0.25, 0.3) is 0 Å². The fourth-order valence-electron chi connectivity index (χ4n) is 2.88. The van der Waals surface area contributed by atoms with Crippen molar-refractivity contribution in [1.29, 1.82) is 0 Å². The van der Waals surface area contributed by atoms with Gasteiger partial charge in [-0.3, -0.25) is 4.79 Å². The third-order valence-electron chi connectivity index (χ3n) is 4.67. The Bertz CT molecular complexity index is 900. The van der Waals surface area contributed by atoms with Crippen LogP contribution in [-0.4, -0.2) is 22.1 Å². The molecule has 3 aromatic rings. The molecule has 0 fully saturated rings. The van der Waals surface area contributed by atoms with Crippen LogP contribution in [0.3, 0.4) is 0 Å². The van der Waals surface area contributed by atoms with E-state index in [0.29, 0.717) is 12.5 Å². The number of rotatable bonds is 8. The Kier molecular flexibility index (Phi) is 6.48. The lowest BCUT2D eigenvalue weighted by molar-refractivity contribution is -0.123. The zero-order chi connectivity index (χ0) is 19.9. The van der Waals surface area contributed by atoms with Crippen molar-refractivity contribution in [2.45, 2.75) is 39.8 Å². The molecule has 3 rings (SSSR count). The van der Waals surface area contributed by atoms with E-state index in [2.05, 4.69) is 42.3 Å². The van der Waals surface area contributed by atoms with Gasteiger partial charge in [0.1, 0.15) is 5.75 Å². The number of nitrogens with zero attached hydrogens (tertiary/aromatic N) is 2. The van der Waals surface area contributed by atoms with Crippen LogP contribution in [0.1, 0.15) is 42.0 Å². The first kappa shape index (κ1) is 19.7. The number of carbonyl (C=O) groups is 1. The van der Waals surface area contributed by atoms with Gasteiger partial charge in [0, 0.05) is 25.5 Å². The van der Waals surface area contributed by atoms with Gasteiger partial charge in [0.2, 0.25) is 0 Å². The van der Waals surface area contributed by atoms with Gasteiger partial charge < -0.3 is 14.6 Å². The molecule has 146 valence electrons. The maximum absolute atomic E-state index is 12.2. The Balaban J connectivity index is 1.47. The van der Waals surface area contributed by atoms with Gasteiger partial charge in [-0.15, -0.1) is 0 Å². The molecule has 0 radical (unpaired) electrons. The van der Waals surface area contributed by atoms with E-state index in [0.717, 1.165) is 23.4 Å². The average molecular weight is 377 g/mol. The molecule has 0 aliphatic heterocycles. The number of hydrogen-bond donors (Lipinski definition) is 1. The summed E-state index contributed by atoms with van der Waals surface area (Å²) in [7, 11) is 0. The van der Waals surface area contributed by atoms with Crippen LogP contribution >= 0.6 is 0 Å². The van der Waals surface area contributed by atoms with Crippen LogP contribution in [0.5, 0.6) is 5.75 Å². The molecule has 0 aliphatic rings. The fraction of sp³-hybridized carbons (Fsp3) is 0.304. The van der Waals surface area contributed by atoms with E-state index in [1.54, 1.807) is 12.5 Å². The van der Waals surface area contributed by atoms with E-state index < -0.39 is 0 Å². The minimum atomic E-state index is -0.128. The van der Waals surface area contributed by atoms with Crippen molar-refractivity contribution in [3.8, 4) is 5.75 Å². The Hall–Kier alpha value is -3.08. The number of amides is 1. The molecule has 5 nitrogen and oxygen atoms in total. The molecule has 0 bridgehead atoms. The Morgan fingerprint density at radius 1 is 1.14 bits per heavy atom. The highest BCUT2D eigenvalue weighted by Crippen LogP contribution is 2.24. The number of benzene rings is 2. The Morgan fingerprint density at radius 2 is 1.89 bits per heavy atom. The molecule has 5 heteroatoms. The monoisotopic (exact) mass is 377 g/mol. The molecule has 28 heavy (non-hydrogen) atoms. The number of carbonyl (C=O) groups excluding carboxylic acids is 1. The van der Waals surface area contributed by atoms with Crippen LogP contribution in [0.4, 0.5) is 0 Å². The highest BCUT2D eigenvalue weighted by atomic mass is 16.5. The van der Waals surface area contributed by atoms with E-state index in [4.69, 9.17) is 4.74 Å². The molecule has 0 unspecified atom stereocenters. The van der Waals surface area contributed by atoms with Gasteiger partial charge in [0.05, 0.1) is 6.33 Å². The van der Waals surface area contributed by atoms with Crippen molar-refractivity contribution < 1.29 is 9.53 Å². The minimum absolute atomic E-state index is 0.0150. The zero-order valence-corrected chi connectivity index (χ0v) is 16.7. The van der Waals surface area contributed by atoms with Crippen LogP contribution < -0.4 is 10.1 Å². The number of ether oxygens (including phenoxy) is 1. The SMILES string of the molecule is Cc1ccc(C(C)C)cc1OCC(=O)NCc1ccc(Cn2ccnc2)cc1. The van der Waals surface area contributed by atoms with Crippen LogP contribution in [0.2, 0.25) is 0 Å². The molecule has 0 spiro atoms. The highest BCUT2D eigenvalue weighted by Gasteiger charge is 2.08. The summed E-state index contributed by atoms with van der Waals surface area (Å²) in [4.78, 5) is 16.2. The summed E-state index contributed by atoms with van der Waals surface area (Å²) >= 11 is 0. The summed E-state index contributed by atoms with van der Waals surface area (Å²) in [6.45, 7) is 7.56. The lowest BCUT2D eigenvalue weighted by atomic mass is 10.0. The number of aromatic nitrogens is 2. The Morgan fingerprint density at radius 3 is 2.57 bits per heavy atom. The van der Waals surface area contributed by atoms with E-state index in [9.17, 15) is 4.79 Å². The molecule has 2 aromatic carbocycles. The second kappa shape index (κ2) is 9.22. The predicted molar refractivity (Wildman–Crippen MR) is 110 cm³/mol. The topological polar surface area (TPSA) is 56.1 Å². The molecule has 1 N–H and O–H groups in total. The van der Waals surface area contributed by atoms with Crippen LogP contribution in [-0.2, 0) is 17.9 Å². The van der Waals surface area contributed by atoms with Crippen molar-refractivity contribution in [1.82, 2.24) is 14.9 Å². The number of nitrogens with one attached hydrogen (secondary N) is 1. The number of imidazole rings is 1. The maximum Gasteiger partial charge on any atom is 0.258 e. The third kappa shape index (κ3) is 5.46. The summed E-state index contributed by atoms with van der Waals surface area (Å²) < 4.78 is 7.75. The summed E-state index contributed by atoms with van der Waals surface area (Å²) in [5.41, 5.74) is 4.49. The molecule has 1 aromatic heterocycles. The third-order valence-corrected chi connectivity index (χ3v) is 4.67. The fourth-order valence-corrected chi connectivity index (χ4v) is 2.88. The quantitative estimate of drug-likeness (QED) is 0.644. The van der Waals surface area contributed by atoms with E-state index >= 15 is 0 Å². The van der Waals surface area contributed by atoms with E-state index in [1.807, 2.05) is 42.0 Å². The minimum Gasteiger partial charge on any atom is -0.483 e. The molecular weight excluding hydrogens is 350 g/mol.